The molecule has 1 aromatic heterocycles. The molecule has 2 aromatic rings. The van der Waals surface area contributed by atoms with Crippen LogP contribution in [0.1, 0.15) is 72.1 Å². The summed E-state index contributed by atoms with van der Waals surface area (Å²) in [6, 6.07) is 1.52. The van der Waals surface area contributed by atoms with Gasteiger partial charge in [-0.1, -0.05) is 32.4 Å². The fraction of sp³-hybridized carbons (Fsp3) is 0.625. The van der Waals surface area contributed by atoms with Crippen molar-refractivity contribution in [3.8, 4) is 11.6 Å². The number of carbonyl (C=O) groups excluding carboxylic acids is 4. The molecule has 3 aliphatic heterocycles. The molecular formula is C40H53FN6O9S. The normalized spacial score (nSPS) is 30.8. The number of allylic oxidation sites excluding steroid dienone is 1. The summed E-state index contributed by atoms with van der Waals surface area (Å²) in [7, 11) is -2.55. The van der Waals surface area contributed by atoms with Gasteiger partial charge in [-0.2, -0.15) is 0 Å². The molecule has 17 heteroatoms. The van der Waals surface area contributed by atoms with Crippen LogP contribution in [0, 0.1) is 23.6 Å². The number of benzene rings is 1. The number of urea groups is 1. The smallest absolute Gasteiger partial charge is 0.318 e. The molecule has 7 rings (SSSR count). The number of morpholine rings is 1. The molecule has 0 radical (unpaired) electrons. The van der Waals surface area contributed by atoms with Crippen molar-refractivity contribution in [2.24, 2.45) is 17.8 Å². The van der Waals surface area contributed by atoms with E-state index in [-0.39, 0.29) is 37.1 Å². The van der Waals surface area contributed by atoms with E-state index in [0.717, 1.165) is 6.42 Å². The average molecular weight is 813 g/mol. The summed E-state index contributed by atoms with van der Waals surface area (Å²) < 4.78 is 59.5. The first-order chi connectivity index (χ1) is 27.2. The van der Waals surface area contributed by atoms with Crippen molar-refractivity contribution >= 4 is 44.5 Å². The van der Waals surface area contributed by atoms with Gasteiger partial charge in [0, 0.05) is 30.8 Å². The molecule has 2 saturated carbocycles. The number of nitrogens with one attached hydrogen (secondary N) is 3. The summed E-state index contributed by atoms with van der Waals surface area (Å²) in [4.78, 5) is 64.7. The minimum absolute atomic E-state index is 0.0337. The lowest BCUT2D eigenvalue weighted by Crippen LogP contribution is -2.60. The van der Waals surface area contributed by atoms with Crippen LogP contribution in [0.5, 0.6) is 11.6 Å². The highest BCUT2D eigenvalue weighted by molar-refractivity contribution is 7.91. The van der Waals surface area contributed by atoms with E-state index in [9.17, 15) is 27.2 Å². The SMILES string of the molecule is CC[C@@H]1C[C@H](C)CC/C=C\[C@@H]2C[C@@]2(C(=O)NS(=O)(=O)C2(C)CC2)NC(=O)[C@@H]2C[C@@H](Oc3ncc(OC)c4ccc(F)cc34)CN2C(=O)[C@H]1NC(=O)N1CCOCC1. The Bertz CT molecular complexity index is 2040. The first kappa shape index (κ1) is 40.7. The molecular weight excluding hydrogens is 760 g/mol. The molecule has 0 spiro atoms. The van der Waals surface area contributed by atoms with Gasteiger partial charge in [0.1, 0.15) is 35.3 Å². The number of aromatic nitrogens is 1. The standard InChI is InChI=1S/C40H53FN6O9S/c1-5-25-18-24(2)8-6-7-9-26-21-40(26,37(50)45-57(52,53)39(3)12-13-39)44-34(48)31-20-28(56-35-30-19-27(41)10-11-29(30)32(54-4)22-42-35)23-47(31)36(49)33(25)43-38(51)46-14-16-55-17-15-46/h7,9-11,19,22,24-26,28,31,33H,5-6,8,12-18,20-21,23H2,1-4H3,(H,43,51)(H,44,48)(H,45,50)/b9-7-/t24-,25-,26-,28-,31+,33+,40-/m1/s1. The van der Waals surface area contributed by atoms with Crippen LogP contribution in [0.15, 0.2) is 36.5 Å². The maximum Gasteiger partial charge on any atom is 0.318 e. The Kier molecular flexibility index (Phi) is 11.4. The van der Waals surface area contributed by atoms with Gasteiger partial charge in [-0.15, -0.1) is 0 Å². The lowest BCUT2D eigenvalue weighted by molar-refractivity contribution is -0.142. The average Bonchev–Trinajstić information content (AvgIpc) is 4.07. The molecule has 2 aliphatic carbocycles. The van der Waals surface area contributed by atoms with Gasteiger partial charge >= 0.3 is 6.03 Å². The second-order valence-electron chi connectivity index (χ2n) is 16.5. The molecule has 57 heavy (non-hydrogen) atoms. The number of methoxy groups -OCH3 is 1. The quantitative estimate of drug-likeness (QED) is 0.334. The Labute approximate surface area is 332 Å². The lowest BCUT2D eigenvalue weighted by Gasteiger charge is -2.36. The van der Waals surface area contributed by atoms with Crippen LogP contribution in [0.2, 0.25) is 0 Å². The number of ether oxygens (including phenoxy) is 3. The van der Waals surface area contributed by atoms with Gasteiger partial charge in [0.2, 0.25) is 27.7 Å². The van der Waals surface area contributed by atoms with Crippen LogP contribution in [0.25, 0.3) is 10.8 Å². The van der Waals surface area contributed by atoms with Crippen LogP contribution in [-0.4, -0.2) is 115 Å². The Morgan fingerprint density at radius 1 is 1.14 bits per heavy atom. The zero-order valence-corrected chi connectivity index (χ0v) is 33.7. The fourth-order valence-electron chi connectivity index (χ4n) is 8.39. The molecule has 4 heterocycles. The Morgan fingerprint density at radius 2 is 1.89 bits per heavy atom. The number of rotatable bonds is 8. The molecule has 15 nitrogen and oxygen atoms in total. The number of carbonyl (C=O) groups is 4. The molecule has 4 fully saturated rings. The molecule has 5 amide bonds. The van der Waals surface area contributed by atoms with E-state index in [1.54, 1.807) is 17.9 Å². The zero-order valence-electron chi connectivity index (χ0n) is 32.9. The van der Waals surface area contributed by atoms with E-state index >= 15 is 4.79 Å². The largest absolute Gasteiger partial charge is 0.494 e. The van der Waals surface area contributed by atoms with Crippen molar-refractivity contribution in [3.63, 3.8) is 0 Å². The number of amides is 5. The second kappa shape index (κ2) is 16.0. The van der Waals surface area contributed by atoms with Crippen LogP contribution < -0.4 is 24.8 Å². The topological polar surface area (TPSA) is 186 Å². The van der Waals surface area contributed by atoms with E-state index in [4.69, 9.17) is 14.2 Å². The highest BCUT2D eigenvalue weighted by atomic mass is 32.2. The zero-order chi connectivity index (χ0) is 40.7. The van der Waals surface area contributed by atoms with Crippen molar-refractivity contribution in [1.29, 1.82) is 0 Å². The predicted molar refractivity (Wildman–Crippen MR) is 207 cm³/mol. The van der Waals surface area contributed by atoms with E-state index in [1.165, 1.54) is 30.3 Å². The number of hydrogen-bond donors (Lipinski definition) is 3. The van der Waals surface area contributed by atoms with Crippen molar-refractivity contribution in [2.45, 2.75) is 101 Å². The van der Waals surface area contributed by atoms with Crippen LogP contribution in [0.4, 0.5) is 9.18 Å². The summed E-state index contributed by atoms with van der Waals surface area (Å²) in [6.07, 6.45) is 8.06. The first-order valence-corrected chi connectivity index (χ1v) is 21.4. The molecule has 0 bridgehead atoms. The van der Waals surface area contributed by atoms with Gasteiger partial charge in [-0.3, -0.25) is 19.1 Å². The maximum atomic E-state index is 15.0. The summed E-state index contributed by atoms with van der Waals surface area (Å²) in [5, 5.41) is 6.81. The Morgan fingerprint density at radius 3 is 2.60 bits per heavy atom. The Hall–Kier alpha value is -4.51. The first-order valence-electron chi connectivity index (χ1n) is 20.0. The van der Waals surface area contributed by atoms with E-state index < -0.39 is 74.0 Å². The van der Waals surface area contributed by atoms with E-state index in [0.29, 0.717) is 74.9 Å². The Balaban J connectivity index is 1.24. The number of pyridine rings is 1. The molecule has 2 saturated heterocycles. The highest BCUT2D eigenvalue weighted by Crippen LogP contribution is 2.48. The van der Waals surface area contributed by atoms with Gasteiger partial charge in [0.15, 0.2) is 0 Å². The van der Waals surface area contributed by atoms with Gasteiger partial charge in [0.05, 0.1) is 43.2 Å². The third-order valence-corrected chi connectivity index (χ3v) is 14.6. The minimum atomic E-state index is -4.02. The van der Waals surface area contributed by atoms with E-state index in [2.05, 4.69) is 27.3 Å². The van der Waals surface area contributed by atoms with Crippen molar-refractivity contribution in [2.75, 3.05) is 40.0 Å². The monoisotopic (exact) mass is 812 g/mol. The molecule has 310 valence electrons. The van der Waals surface area contributed by atoms with Crippen LogP contribution >= 0.6 is 0 Å². The number of halogens is 1. The number of fused-ring (bicyclic) bond motifs is 3. The third kappa shape index (κ3) is 8.27. The fourth-order valence-corrected chi connectivity index (χ4v) is 9.70. The van der Waals surface area contributed by atoms with Crippen LogP contribution in [-0.2, 0) is 29.1 Å². The van der Waals surface area contributed by atoms with Crippen molar-refractivity contribution in [3.05, 3.63) is 42.4 Å². The summed E-state index contributed by atoms with van der Waals surface area (Å²) in [5.74, 6) is -2.63. The van der Waals surface area contributed by atoms with E-state index in [1.807, 2.05) is 19.1 Å². The third-order valence-electron chi connectivity index (χ3n) is 12.5. The summed E-state index contributed by atoms with van der Waals surface area (Å²) in [6.45, 7) is 7.02. The predicted octanol–water partition coefficient (Wildman–Crippen LogP) is 3.42. The van der Waals surface area contributed by atoms with Gasteiger partial charge < -0.3 is 34.6 Å². The molecule has 1 aromatic carbocycles. The van der Waals surface area contributed by atoms with Crippen molar-refractivity contribution in [1.82, 2.24) is 30.1 Å². The number of nitrogens with zero attached hydrogens (tertiary/aromatic N) is 3. The molecule has 3 N–H and O–H groups in total. The highest BCUT2D eigenvalue weighted by Gasteiger charge is 2.63. The van der Waals surface area contributed by atoms with Crippen molar-refractivity contribution < 1.29 is 46.2 Å². The molecule has 5 aliphatic rings. The van der Waals surface area contributed by atoms with Crippen LogP contribution in [0.3, 0.4) is 0 Å². The number of sulfonamides is 1. The number of hydrogen-bond acceptors (Lipinski definition) is 10. The summed E-state index contributed by atoms with van der Waals surface area (Å²) in [5.41, 5.74) is -1.56. The molecule has 7 atom stereocenters. The summed E-state index contributed by atoms with van der Waals surface area (Å²) >= 11 is 0. The second-order valence-corrected chi connectivity index (χ2v) is 18.7. The maximum absolute atomic E-state index is 15.0. The molecule has 0 unspecified atom stereocenters. The minimum Gasteiger partial charge on any atom is -0.494 e. The van der Waals surface area contributed by atoms with Gasteiger partial charge in [0.25, 0.3) is 5.91 Å². The lowest BCUT2D eigenvalue weighted by atomic mass is 9.85. The van der Waals surface area contributed by atoms with Gasteiger partial charge in [-0.05, 0) is 75.5 Å². The van der Waals surface area contributed by atoms with Gasteiger partial charge in [-0.25, -0.2) is 22.6 Å².